The van der Waals surface area contributed by atoms with E-state index in [-0.39, 0.29) is 17.2 Å². The zero-order valence-corrected chi connectivity index (χ0v) is 22.7. The molecule has 1 amide bonds. The molecule has 4 heteroatoms. The van der Waals surface area contributed by atoms with Crippen molar-refractivity contribution in [1.29, 1.82) is 0 Å². The van der Waals surface area contributed by atoms with Crippen molar-refractivity contribution < 1.29 is 9.90 Å². The molecule has 4 rings (SSSR count). The first kappa shape index (κ1) is 26.7. The molecule has 194 valence electrons. The molecule has 1 saturated heterocycles. The number of carbonyl (C=O) groups is 1. The lowest BCUT2D eigenvalue weighted by molar-refractivity contribution is -0.133. The van der Waals surface area contributed by atoms with Gasteiger partial charge < -0.3 is 10.0 Å². The van der Waals surface area contributed by atoms with Gasteiger partial charge in [-0.2, -0.15) is 0 Å². The van der Waals surface area contributed by atoms with Crippen LogP contribution in [0.5, 0.6) is 5.75 Å². The minimum absolute atomic E-state index is 0.0568. The van der Waals surface area contributed by atoms with Gasteiger partial charge in [0.05, 0.1) is 0 Å². The van der Waals surface area contributed by atoms with Crippen molar-refractivity contribution in [3.8, 4) is 5.75 Å². The van der Waals surface area contributed by atoms with Crippen molar-refractivity contribution in [2.24, 2.45) is 0 Å². The fourth-order valence-corrected chi connectivity index (χ4v) is 5.20. The van der Waals surface area contributed by atoms with Gasteiger partial charge in [-0.25, -0.2) is 0 Å². The van der Waals surface area contributed by atoms with Gasteiger partial charge in [0.1, 0.15) is 5.75 Å². The summed E-state index contributed by atoms with van der Waals surface area (Å²) in [6.45, 7) is 16.3. The number of hydrogen-bond acceptors (Lipinski definition) is 3. The van der Waals surface area contributed by atoms with Gasteiger partial charge in [0, 0.05) is 56.2 Å². The van der Waals surface area contributed by atoms with E-state index in [0.717, 1.165) is 49.4 Å². The van der Waals surface area contributed by atoms with Crippen LogP contribution in [0.25, 0.3) is 5.57 Å². The lowest BCUT2D eigenvalue weighted by Gasteiger charge is -2.36. The first-order chi connectivity index (χ1) is 17.6. The van der Waals surface area contributed by atoms with Crippen molar-refractivity contribution in [3.05, 3.63) is 107 Å². The maximum absolute atomic E-state index is 13.4. The molecule has 1 aliphatic heterocycles. The van der Waals surface area contributed by atoms with Crippen LogP contribution < -0.4 is 0 Å². The van der Waals surface area contributed by atoms with E-state index < -0.39 is 0 Å². The van der Waals surface area contributed by atoms with Gasteiger partial charge in [-0.1, -0.05) is 94.1 Å². The maximum Gasteiger partial charge on any atom is 0.223 e. The molecule has 37 heavy (non-hydrogen) atoms. The largest absolute Gasteiger partial charge is 0.507 e. The normalized spacial score (nSPS) is 14.7. The Hall–Kier alpha value is -3.37. The van der Waals surface area contributed by atoms with Gasteiger partial charge in [-0.05, 0) is 40.7 Å². The van der Waals surface area contributed by atoms with E-state index in [1.165, 1.54) is 16.7 Å². The molecule has 1 fully saturated rings. The Balaban J connectivity index is 1.42. The lowest BCUT2D eigenvalue weighted by Crippen LogP contribution is -2.48. The van der Waals surface area contributed by atoms with Crippen molar-refractivity contribution in [3.63, 3.8) is 0 Å². The van der Waals surface area contributed by atoms with Crippen LogP contribution in [0.3, 0.4) is 0 Å². The fourth-order valence-electron chi connectivity index (χ4n) is 5.20. The average Bonchev–Trinajstić information content (AvgIpc) is 2.88. The highest BCUT2D eigenvalue weighted by atomic mass is 16.3. The number of carbonyl (C=O) groups excluding carboxylic acids is 1. The predicted molar refractivity (Wildman–Crippen MR) is 153 cm³/mol. The predicted octanol–water partition coefficient (Wildman–Crippen LogP) is 6.59. The highest BCUT2D eigenvalue weighted by Gasteiger charge is 2.26. The summed E-state index contributed by atoms with van der Waals surface area (Å²) in [5.74, 6) is 0.605. The molecule has 0 bridgehead atoms. The maximum atomic E-state index is 13.4. The molecule has 0 spiro atoms. The summed E-state index contributed by atoms with van der Waals surface area (Å²) in [6.07, 6.45) is 0.475. The molecule has 0 saturated carbocycles. The smallest absolute Gasteiger partial charge is 0.223 e. The molecule has 0 aliphatic carbocycles. The van der Waals surface area contributed by atoms with Crippen molar-refractivity contribution in [2.75, 3.05) is 26.2 Å². The van der Waals surface area contributed by atoms with Crippen LogP contribution in [0.15, 0.2) is 79.4 Å². The Bertz CT molecular complexity index is 1180. The Morgan fingerprint density at radius 2 is 1.46 bits per heavy atom. The molecule has 3 aromatic rings. The number of amides is 1. The van der Waals surface area contributed by atoms with Gasteiger partial charge in [-0.15, -0.1) is 0 Å². The van der Waals surface area contributed by atoms with Crippen LogP contribution in [0.4, 0.5) is 0 Å². The summed E-state index contributed by atoms with van der Waals surface area (Å²) in [6, 6.07) is 24.9. The molecule has 3 aromatic carbocycles. The molecular weight excluding hydrogens is 456 g/mol. The number of hydrogen-bond donors (Lipinski definition) is 1. The van der Waals surface area contributed by atoms with Crippen molar-refractivity contribution in [2.45, 2.75) is 52.0 Å². The van der Waals surface area contributed by atoms with Crippen LogP contribution in [0.2, 0.25) is 0 Å². The average molecular weight is 497 g/mol. The zero-order chi connectivity index (χ0) is 26.6. The third-order valence-corrected chi connectivity index (χ3v) is 7.35. The monoisotopic (exact) mass is 496 g/mol. The summed E-state index contributed by atoms with van der Waals surface area (Å²) >= 11 is 0. The van der Waals surface area contributed by atoms with E-state index in [9.17, 15) is 9.90 Å². The Kier molecular flexibility index (Phi) is 8.19. The Morgan fingerprint density at radius 1 is 0.919 bits per heavy atom. The molecule has 0 radical (unpaired) electrons. The second-order valence-electron chi connectivity index (χ2n) is 11.3. The van der Waals surface area contributed by atoms with Gasteiger partial charge in [-0.3, -0.25) is 9.69 Å². The number of allylic oxidation sites excluding steroid dienone is 1. The zero-order valence-electron chi connectivity index (χ0n) is 22.7. The quantitative estimate of drug-likeness (QED) is 0.401. The van der Waals surface area contributed by atoms with Gasteiger partial charge in [0.25, 0.3) is 0 Å². The minimum Gasteiger partial charge on any atom is -0.507 e. The summed E-state index contributed by atoms with van der Waals surface area (Å²) in [5.41, 5.74) is 6.00. The lowest BCUT2D eigenvalue weighted by atomic mass is 9.83. The summed E-state index contributed by atoms with van der Waals surface area (Å²) in [5, 5.41) is 10.8. The number of benzene rings is 3. The van der Waals surface area contributed by atoms with Gasteiger partial charge in [0.2, 0.25) is 5.91 Å². The molecular formula is C33H40N2O2. The SMILES string of the molecule is C=C(C)c1cc(CN2CCN(C(=O)CC(c3ccccc3)c3ccccc3)CC2)cc(C(C)(C)C)c1O. The number of phenols is 1. The molecule has 4 nitrogen and oxygen atoms in total. The van der Waals surface area contributed by atoms with E-state index >= 15 is 0 Å². The van der Waals surface area contributed by atoms with Gasteiger partial charge in [0.15, 0.2) is 0 Å². The van der Waals surface area contributed by atoms with Crippen molar-refractivity contribution >= 4 is 11.5 Å². The second kappa shape index (κ2) is 11.4. The highest BCUT2D eigenvalue weighted by molar-refractivity contribution is 5.78. The first-order valence-corrected chi connectivity index (χ1v) is 13.3. The molecule has 1 aliphatic rings. The molecule has 0 aromatic heterocycles. The summed E-state index contributed by atoms with van der Waals surface area (Å²) < 4.78 is 0. The van der Waals surface area contributed by atoms with E-state index in [0.29, 0.717) is 12.2 Å². The molecule has 0 unspecified atom stereocenters. The van der Waals surface area contributed by atoms with Crippen LogP contribution in [-0.4, -0.2) is 47.0 Å². The van der Waals surface area contributed by atoms with Crippen LogP contribution in [0, 0.1) is 0 Å². The minimum atomic E-state index is -0.163. The number of nitrogens with zero attached hydrogens (tertiary/aromatic N) is 2. The topological polar surface area (TPSA) is 43.8 Å². The highest BCUT2D eigenvalue weighted by Crippen LogP contribution is 2.37. The van der Waals surface area contributed by atoms with Crippen LogP contribution in [0.1, 0.15) is 67.9 Å². The fraction of sp³-hybridized carbons (Fsp3) is 0.364. The third kappa shape index (κ3) is 6.50. The second-order valence-corrected chi connectivity index (χ2v) is 11.3. The first-order valence-electron chi connectivity index (χ1n) is 13.3. The summed E-state index contributed by atoms with van der Waals surface area (Å²) in [7, 11) is 0. The molecule has 1 heterocycles. The van der Waals surface area contributed by atoms with Crippen molar-refractivity contribution in [1.82, 2.24) is 9.80 Å². The van der Waals surface area contributed by atoms with E-state index in [2.05, 4.69) is 68.6 Å². The number of phenolic OH excluding ortho intramolecular Hbond substituents is 1. The molecule has 1 N–H and O–H groups in total. The molecule has 0 atom stereocenters. The third-order valence-electron chi connectivity index (χ3n) is 7.35. The van der Waals surface area contributed by atoms with E-state index in [1.54, 1.807) is 0 Å². The summed E-state index contributed by atoms with van der Waals surface area (Å²) in [4.78, 5) is 17.8. The Labute approximate surface area is 222 Å². The number of rotatable bonds is 7. The number of aromatic hydroxyl groups is 1. The van der Waals surface area contributed by atoms with E-state index in [1.807, 2.05) is 48.2 Å². The standard InChI is InChI=1S/C33H40N2O2/c1-24(2)28-20-25(21-30(32(28)37)33(3,4)5)23-34-16-18-35(19-17-34)31(36)22-29(26-12-8-6-9-13-26)27-14-10-7-11-15-27/h6-15,20-21,29,37H,1,16-19,22-23H2,2-5H3. The number of piperazine rings is 1. The van der Waals surface area contributed by atoms with E-state index in [4.69, 9.17) is 0 Å². The van der Waals surface area contributed by atoms with Gasteiger partial charge >= 0.3 is 0 Å². The van der Waals surface area contributed by atoms with Crippen LogP contribution in [-0.2, 0) is 16.8 Å². The van der Waals surface area contributed by atoms with Crippen LogP contribution >= 0.6 is 0 Å². The Morgan fingerprint density at radius 3 is 1.95 bits per heavy atom.